The van der Waals surface area contributed by atoms with Gasteiger partial charge in [0.15, 0.2) is 0 Å². The summed E-state index contributed by atoms with van der Waals surface area (Å²) in [6.07, 6.45) is -0.0432. The van der Waals surface area contributed by atoms with Crippen LogP contribution in [0.2, 0.25) is 0 Å². The van der Waals surface area contributed by atoms with Gasteiger partial charge in [-0.3, -0.25) is 9.59 Å². The maximum Gasteiger partial charge on any atom is 0.305 e. The molecule has 1 atom stereocenters. The van der Waals surface area contributed by atoms with Crippen LogP contribution in [0.3, 0.4) is 0 Å². The number of morpholine rings is 1. The lowest BCUT2D eigenvalue weighted by atomic mass is 10.1. The number of carbonyl (C=O) groups is 2. The molecule has 0 radical (unpaired) electrons. The molecule has 1 amide bonds. The smallest absolute Gasteiger partial charge is 0.305 e. The number of amides is 1. The minimum absolute atomic E-state index is 0.0432. The van der Waals surface area contributed by atoms with Gasteiger partial charge in [0.05, 0.1) is 19.1 Å². The molecule has 1 heterocycles. The summed E-state index contributed by atoms with van der Waals surface area (Å²) >= 11 is 0. The van der Waals surface area contributed by atoms with Crippen LogP contribution in [0.4, 0.5) is 0 Å². The van der Waals surface area contributed by atoms with Crippen LogP contribution >= 0.6 is 0 Å². The third-order valence-electron chi connectivity index (χ3n) is 2.27. The maximum atomic E-state index is 11.5. The fraction of sp³-hybridized carbons (Fsp3) is 0.800. The first-order chi connectivity index (χ1) is 7.00. The Morgan fingerprint density at radius 2 is 2.33 bits per heavy atom. The lowest BCUT2D eigenvalue weighted by Crippen LogP contribution is -2.51. The zero-order valence-corrected chi connectivity index (χ0v) is 9.10. The summed E-state index contributed by atoms with van der Waals surface area (Å²) in [5.41, 5.74) is 0. The average Bonchev–Trinajstić information content (AvgIpc) is 2.09. The van der Waals surface area contributed by atoms with Crippen molar-refractivity contribution in [2.45, 2.75) is 26.3 Å². The second-order valence-corrected chi connectivity index (χ2v) is 4.21. The largest absolute Gasteiger partial charge is 0.481 e. The van der Waals surface area contributed by atoms with Crippen LogP contribution in [0.5, 0.6) is 0 Å². The third-order valence-corrected chi connectivity index (χ3v) is 2.27. The molecule has 0 bridgehead atoms. The number of hydrogen-bond acceptors (Lipinski definition) is 3. The number of carboxylic acids is 1. The lowest BCUT2D eigenvalue weighted by molar-refractivity contribution is -0.152. The molecule has 0 aliphatic carbocycles. The van der Waals surface area contributed by atoms with Gasteiger partial charge in [0, 0.05) is 6.54 Å². The highest BCUT2D eigenvalue weighted by Crippen LogP contribution is 2.13. The first-order valence-electron chi connectivity index (χ1n) is 5.09. The van der Waals surface area contributed by atoms with Crippen LogP contribution in [0.1, 0.15) is 20.3 Å². The third kappa shape index (κ3) is 3.51. The molecular formula is C10H17NO4. The van der Waals surface area contributed by atoms with E-state index in [0.717, 1.165) is 0 Å². The number of carboxylic acid groups (broad SMARTS) is 1. The Labute approximate surface area is 89.0 Å². The Hall–Kier alpha value is -1.10. The van der Waals surface area contributed by atoms with E-state index in [1.165, 1.54) is 0 Å². The summed E-state index contributed by atoms with van der Waals surface area (Å²) in [5, 5.41) is 8.71. The minimum atomic E-state index is -0.896. The molecule has 15 heavy (non-hydrogen) atoms. The summed E-state index contributed by atoms with van der Waals surface area (Å²) in [6, 6.07) is -0.314. The van der Waals surface area contributed by atoms with E-state index in [9.17, 15) is 9.59 Å². The van der Waals surface area contributed by atoms with Crippen LogP contribution < -0.4 is 0 Å². The summed E-state index contributed by atoms with van der Waals surface area (Å²) in [5.74, 6) is -0.670. The number of ether oxygens (including phenoxy) is 1. The second-order valence-electron chi connectivity index (χ2n) is 4.21. The molecule has 1 N–H and O–H groups in total. The average molecular weight is 215 g/mol. The van der Waals surface area contributed by atoms with Crippen LogP contribution in [0, 0.1) is 5.92 Å². The number of nitrogens with zero attached hydrogens (tertiary/aromatic N) is 1. The fourth-order valence-corrected chi connectivity index (χ4v) is 1.67. The van der Waals surface area contributed by atoms with E-state index < -0.39 is 5.97 Å². The van der Waals surface area contributed by atoms with Crippen LogP contribution in [-0.4, -0.2) is 47.7 Å². The van der Waals surface area contributed by atoms with E-state index in [0.29, 0.717) is 19.1 Å². The summed E-state index contributed by atoms with van der Waals surface area (Å²) in [7, 11) is 0. The van der Waals surface area contributed by atoms with Gasteiger partial charge in [0.2, 0.25) is 5.91 Å². The van der Waals surface area contributed by atoms with Crippen molar-refractivity contribution in [3.8, 4) is 0 Å². The molecule has 0 spiro atoms. The number of rotatable bonds is 4. The van der Waals surface area contributed by atoms with Crippen LogP contribution in [0.25, 0.3) is 0 Å². The van der Waals surface area contributed by atoms with Crippen molar-refractivity contribution in [3.63, 3.8) is 0 Å². The molecule has 1 fully saturated rings. The molecule has 1 unspecified atom stereocenters. The Kier molecular flexibility index (Phi) is 4.08. The Morgan fingerprint density at radius 3 is 2.87 bits per heavy atom. The SMILES string of the molecule is CC(C)CN1C(=O)COCC1CC(=O)O. The van der Waals surface area contributed by atoms with E-state index in [-0.39, 0.29) is 25.0 Å². The molecule has 0 aromatic heterocycles. The first kappa shape index (κ1) is 12.0. The molecule has 1 rings (SSSR count). The van der Waals surface area contributed by atoms with Crippen molar-refractivity contribution in [1.29, 1.82) is 0 Å². The molecule has 0 aromatic rings. The Balaban J connectivity index is 2.63. The van der Waals surface area contributed by atoms with Gasteiger partial charge in [-0.15, -0.1) is 0 Å². The summed E-state index contributed by atoms with van der Waals surface area (Å²) in [6.45, 7) is 4.99. The fourth-order valence-electron chi connectivity index (χ4n) is 1.67. The van der Waals surface area contributed by atoms with Crippen molar-refractivity contribution in [2.75, 3.05) is 19.8 Å². The molecule has 1 aliphatic rings. The minimum Gasteiger partial charge on any atom is -0.481 e. The molecule has 1 aliphatic heterocycles. The number of aliphatic carboxylic acids is 1. The molecule has 5 nitrogen and oxygen atoms in total. The van der Waals surface area contributed by atoms with E-state index in [4.69, 9.17) is 9.84 Å². The van der Waals surface area contributed by atoms with E-state index >= 15 is 0 Å². The van der Waals surface area contributed by atoms with Crippen LogP contribution in [0.15, 0.2) is 0 Å². The van der Waals surface area contributed by atoms with Crippen molar-refractivity contribution in [1.82, 2.24) is 4.90 Å². The standard InChI is InChI=1S/C10H17NO4/c1-7(2)4-11-8(3-10(13)14)5-15-6-9(11)12/h7-8H,3-6H2,1-2H3,(H,13,14). The van der Waals surface area contributed by atoms with Gasteiger partial charge in [-0.2, -0.15) is 0 Å². The van der Waals surface area contributed by atoms with Gasteiger partial charge in [-0.25, -0.2) is 0 Å². The topological polar surface area (TPSA) is 66.8 Å². The van der Waals surface area contributed by atoms with Crippen LogP contribution in [-0.2, 0) is 14.3 Å². The van der Waals surface area contributed by atoms with Crippen molar-refractivity contribution in [3.05, 3.63) is 0 Å². The molecule has 86 valence electrons. The van der Waals surface area contributed by atoms with Gasteiger partial charge in [-0.1, -0.05) is 13.8 Å². The molecule has 0 saturated carbocycles. The predicted molar refractivity (Wildman–Crippen MR) is 53.4 cm³/mol. The maximum absolute atomic E-state index is 11.5. The molecule has 0 aromatic carbocycles. The second kappa shape index (κ2) is 5.11. The van der Waals surface area contributed by atoms with Gasteiger partial charge >= 0.3 is 5.97 Å². The highest BCUT2D eigenvalue weighted by atomic mass is 16.5. The number of carbonyl (C=O) groups excluding carboxylic acids is 1. The van der Waals surface area contributed by atoms with Gasteiger partial charge in [0.1, 0.15) is 6.61 Å². The zero-order valence-electron chi connectivity index (χ0n) is 9.10. The molecule has 5 heteroatoms. The number of hydrogen-bond donors (Lipinski definition) is 1. The Morgan fingerprint density at radius 1 is 1.67 bits per heavy atom. The van der Waals surface area contributed by atoms with E-state index in [2.05, 4.69) is 0 Å². The van der Waals surface area contributed by atoms with E-state index in [1.807, 2.05) is 13.8 Å². The molecule has 1 saturated heterocycles. The Bertz CT molecular complexity index is 252. The zero-order chi connectivity index (χ0) is 11.4. The highest BCUT2D eigenvalue weighted by Gasteiger charge is 2.30. The van der Waals surface area contributed by atoms with Gasteiger partial charge in [0.25, 0.3) is 0 Å². The quantitative estimate of drug-likeness (QED) is 0.734. The van der Waals surface area contributed by atoms with Crippen molar-refractivity contribution < 1.29 is 19.4 Å². The lowest BCUT2D eigenvalue weighted by Gasteiger charge is -2.35. The van der Waals surface area contributed by atoms with Crippen molar-refractivity contribution in [2.24, 2.45) is 5.92 Å². The van der Waals surface area contributed by atoms with Crippen molar-refractivity contribution >= 4 is 11.9 Å². The first-order valence-corrected chi connectivity index (χ1v) is 5.09. The molecular weight excluding hydrogens is 198 g/mol. The van der Waals surface area contributed by atoms with Gasteiger partial charge < -0.3 is 14.7 Å². The predicted octanol–water partition coefficient (Wildman–Crippen LogP) is 0.344. The van der Waals surface area contributed by atoms with Gasteiger partial charge in [-0.05, 0) is 5.92 Å². The monoisotopic (exact) mass is 215 g/mol. The summed E-state index contributed by atoms with van der Waals surface area (Å²) in [4.78, 5) is 23.8. The highest BCUT2D eigenvalue weighted by molar-refractivity contribution is 5.79. The summed E-state index contributed by atoms with van der Waals surface area (Å²) < 4.78 is 5.05. The van der Waals surface area contributed by atoms with E-state index in [1.54, 1.807) is 4.90 Å². The normalized spacial score (nSPS) is 22.2.